The lowest BCUT2D eigenvalue weighted by molar-refractivity contribution is -0.156. The van der Waals surface area contributed by atoms with Crippen LogP contribution in [0.4, 0.5) is 0 Å². The first-order valence-electron chi connectivity index (χ1n) is 6.68. The molecule has 0 saturated heterocycles. The summed E-state index contributed by atoms with van der Waals surface area (Å²) in [6.45, 7) is 0.428. The summed E-state index contributed by atoms with van der Waals surface area (Å²) in [6.07, 6.45) is 7.16. The minimum atomic E-state index is -0.709. The molecule has 3 rings (SSSR count). The predicted octanol–water partition coefficient (Wildman–Crippen LogP) is 1.27. The van der Waals surface area contributed by atoms with Crippen molar-refractivity contribution in [1.82, 2.24) is 20.2 Å². The molecule has 1 heterocycles. The average Bonchev–Trinajstić information content (AvgIpc) is 2.64. The highest BCUT2D eigenvalue weighted by atomic mass is 16.4. The van der Waals surface area contributed by atoms with E-state index in [9.17, 15) is 9.90 Å². The van der Waals surface area contributed by atoms with E-state index in [0.717, 1.165) is 31.5 Å². The van der Waals surface area contributed by atoms with Gasteiger partial charge in [-0.1, -0.05) is 25.7 Å². The monoisotopic (exact) mass is 250 g/mol. The van der Waals surface area contributed by atoms with Crippen LogP contribution >= 0.6 is 0 Å². The smallest absolute Gasteiger partial charge is 0.311 e. The van der Waals surface area contributed by atoms with Crippen LogP contribution in [-0.4, -0.2) is 31.3 Å². The van der Waals surface area contributed by atoms with Gasteiger partial charge in [-0.15, -0.1) is 5.10 Å². The molecule has 2 fully saturated rings. The minimum absolute atomic E-state index is 0.428. The minimum Gasteiger partial charge on any atom is -0.481 e. The van der Waals surface area contributed by atoms with Gasteiger partial charge in [0.25, 0.3) is 0 Å². The van der Waals surface area contributed by atoms with Crippen molar-refractivity contribution >= 4 is 5.97 Å². The quantitative estimate of drug-likeness (QED) is 0.851. The Labute approximate surface area is 105 Å². The lowest BCUT2D eigenvalue weighted by atomic mass is 9.69. The predicted molar refractivity (Wildman–Crippen MR) is 62.8 cm³/mol. The number of carboxylic acid groups (broad SMARTS) is 1. The maximum absolute atomic E-state index is 11.3. The molecule has 2 aliphatic carbocycles. The lowest BCUT2D eigenvalue weighted by Gasteiger charge is -2.37. The summed E-state index contributed by atoms with van der Waals surface area (Å²) in [5.74, 6) is 0.836. The van der Waals surface area contributed by atoms with Crippen molar-refractivity contribution in [2.75, 3.05) is 0 Å². The third kappa shape index (κ3) is 1.89. The molecule has 0 bridgehead atoms. The van der Waals surface area contributed by atoms with Gasteiger partial charge >= 0.3 is 5.97 Å². The second kappa shape index (κ2) is 4.33. The van der Waals surface area contributed by atoms with Gasteiger partial charge in [-0.2, -0.15) is 0 Å². The Morgan fingerprint density at radius 1 is 1.39 bits per heavy atom. The zero-order chi connectivity index (χ0) is 12.6. The van der Waals surface area contributed by atoms with E-state index in [1.165, 1.54) is 19.3 Å². The fourth-order valence-corrected chi connectivity index (χ4v) is 2.78. The molecule has 18 heavy (non-hydrogen) atoms. The summed E-state index contributed by atoms with van der Waals surface area (Å²) < 4.78 is 1.71. The summed E-state index contributed by atoms with van der Waals surface area (Å²) in [5, 5.41) is 21.1. The van der Waals surface area contributed by atoms with Crippen molar-refractivity contribution in [3.05, 3.63) is 5.82 Å². The Morgan fingerprint density at radius 3 is 2.67 bits per heavy atom. The van der Waals surface area contributed by atoms with Crippen LogP contribution in [0.5, 0.6) is 0 Å². The molecule has 1 aromatic heterocycles. The van der Waals surface area contributed by atoms with Gasteiger partial charge in [0.15, 0.2) is 5.82 Å². The Balaban J connectivity index is 1.72. The number of nitrogens with zero attached hydrogens (tertiary/aromatic N) is 4. The van der Waals surface area contributed by atoms with Crippen LogP contribution in [0.25, 0.3) is 0 Å². The lowest BCUT2D eigenvalue weighted by Crippen LogP contribution is -2.42. The van der Waals surface area contributed by atoms with Gasteiger partial charge in [-0.3, -0.25) is 4.79 Å². The van der Waals surface area contributed by atoms with Gasteiger partial charge in [0.2, 0.25) is 0 Å². The normalized spacial score (nSPS) is 22.2. The van der Waals surface area contributed by atoms with Gasteiger partial charge < -0.3 is 5.11 Å². The van der Waals surface area contributed by atoms with E-state index < -0.39 is 11.4 Å². The second-order valence-corrected chi connectivity index (χ2v) is 5.69. The van der Waals surface area contributed by atoms with E-state index in [1.54, 1.807) is 4.68 Å². The van der Waals surface area contributed by atoms with Crippen molar-refractivity contribution in [2.24, 2.45) is 11.3 Å². The van der Waals surface area contributed by atoms with Gasteiger partial charge in [-0.05, 0) is 29.2 Å². The van der Waals surface area contributed by atoms with E-state index in [0.29, 0.717) is 12.5 Å². The molecule has 6 nitrogen and oxygen atoms in total. The van der Waals surface area contributed by atoms with E-state index in [4.69, 9.17) is 0 Å². The zero-order valence-electron chi connectivity index (χ0n) is 10.4. The topological polar surface area (TPSA) is 80.9 Å². The number of tetrazole rings is 1. The second-order valence-electron chi connectivity index (χ2n) is 5.69. The molecular weight excluding hydrogens is 232 g/mol. The van der Waals surface area contributed by atoms with Crippen LogP contribution in [0.1, 0.15) is 44.3 Å². The summed E-state index contributed by atoms with van der Waals surface area (Å²) in [5.41, 5.74) is -0.621. The first kappa shape index (κ1) is 11.6. The van der Waals surface area contributed by atoms with E-state index in [2.05, 4.69) is 15.5 Å². The van der Waals surface area contributed by atoms with Crippen LogP contribution in [0.3, 0.4) is 0 Å². The molecule has 0 radical (unpaired) electrons. The highest BCUT2D eigenvalue weighted by Gasteiger charge is 2.45. The fourth-order valence-electron chi connectivity index (χ4n) is 2.78. The highest BCUT2D eigenvalue weighted by Crippen LogP contribution is 2.42. The summed E-state index contributed by atoms with van der Waals surface area (Å²) >= 11 is 0. The molecule has 1 N–H and O–H groups in total. The number of hydrogen-bond donors (Lipinski definition) is 1. The van der Waals surface area contributed by atoms with E-state index in [1.807, 2.05) is 0 Å². The number of aliphatic carboxylic acids is 1. The number of carbonyl (C=O) groups is 1. The van der Waals surface area contributed by atoms with Crippen LogP contribution in [0.15, 0.2) is 0 Å². The van der Waals surface area contributed by atoms with Crippen LogP contribution in [-0.2, 0) is 17.8 Å². The maximum Gasteiger partial charge on any atom is 0.311 e. The van der Waals surface area contributed by atoms with Crippen molar-refractivity contribution in [3.63, 3.8) is 0 Å². The van der Waals surface area contributed by atoms with Gasteiger partial charge in [0.1, 0.15) is 0 Å². The third-order valence-electron chi connectivity index (χ3n) is 4.52. The SMILES string of the molecule is O=C(O)C1(Cn2nnnc2CC2CCC2)CCC1. The molecule has 0 amide bonds. The molecule has 1 aromatic rings. The molecule has 0 unspecified atom stereocenters. The molecule has 0 aromatic carbocycles. The standard InChI is InChI=1S/C12H18N4O2/c17-11(18)12(5-2-6-12)8-16-10(13-14-15-16)7-9-3-1-4-9/h9H,1-8H2,(H,17,18). The molecule has 0 aliphatic heterocycles. The summed E-state index contributed by atoms with van der Waals surface area (Å²) in [7, 11) is 0. The Morgan fingerprint density at radius 2 is 2.17 bits per heavy atom. The van der Waals surface area contributed by atoms with Gasteiger partial charge in [0, 0.05) is 6.42 Å². The number of aromatic nitrogens is 4. The van der Waals surface area contributed by atoms with Crippen LogP contribution < -0.4 is 0 Å². The van der Waals surface area contributed by atoms with E-state index >= 15 is 0 Å². The molecule has 2 saturated carbocycles. The van der Waals surface area contributed by atoms with Crippen molar-refractivity contribution in [2.45, 2.75) is 51.5 Å². The number of hydrogen-bond acceptors (Lipinski definition) is 4. The van der Waals surface area contributed by atoms with Crippen molar-refractivity contribution in [1.29, 1.82) is 0 Å². The molecule has 98 valence electrons. The largest absolute Gasteiger partial charge is 0.481 e. The van der Waals surface area contributed by atoms with Gasteiger partial charge in [0.05, 0.1) is 12.0 Å². The fraction of sp³-hybridized carbons (Fsp3) is 0.833. The molecule has 0 spiro atoms. The molecular formula is C12H18N4O2. The summed E-state index contributed by atoms with van der Waals surface area (Å²) in [4.78, 5) is 11.3. The molecule has 2 aliphatic rings. The third-order valence-corrected chi connectivity index (χ3v) is 4.52. The Kier molecular flexibility index (Phi) is 2.80. The number of rotatable bonds is 5. The van der Waals surface area contributed by atoms with Crippen LogP contribution in [0, 0.1) is 11.3 Å². The Bertz CT molecular complexity index is 449. The Hall–Kier alpha value is -1.46. The van der Waals surface area contributed by atoms with Gasteiger partial charge in [-0.25, -0.2) is 4.68 Å². The molecule has 6 heteroatoms. The maximum atomic E-state index is 11.3. The zero-order valence-corrected chi connectivity index (χ0v) is 10.4. The average molecular weight is 250 g/mol. The first-order valence-corrected chi connectivity index (χ1v) is 6.68. The van der Waals surface area contributed by atoms with Crippen LogP contribution in [0.2, 0.25) is 0 Å². The van der Waals surface area contributed by atoms with E-state index in [-0.39, 0.29) is 0 Å². The highest BCUT2D eigenvalue weighted by molar-refractivity contribution is 5.75. The summed E-state index contributed by atoms with van der Waals surface area (Å²) in [6, 6.07) is 0. The van der Waals surface area contributed by atoms with Crippen molar-refractivity contribution in [3.8, 4) is 0 Å². The first-order chi connectivity index (χ1) is 8.70. The molecule has 0 atom stereocenters. The number of carboxylic acids is 1. The van der Waals surface area contributed by atoms with Crippen molar-refractivity contribution < 1.29 is 9.90 Å².